The van der Waals surface area contributed by atoms with E-state index in [1.165, 1.54) is 4.40 Å². The molecular formula is C10H6N2O3. The van der Waals surface area contributed by atoms with Crippen LogP contribution in [-0.2, 0) is 0 Å². The average Bonchev–Trinajstić information content (AvgIpc) is 2.61. The highest BCUT2D eigenvalue weighted by molar-refractivity contribution is 6.01. The molecule has 2 aromatic rings. The second kappa shape index (κ2) is 2.66. The molecule has 3 rings (SSSR count). The molecule has 0 fully saturated rings. The third-order valence-electron chi connectivity index (χ3n) is 2.32. The van der Waals surface area contributed by atoms with E-state index in [-0.39, 0.29) is 29.4 Å². The first-order valence-corrected chi connectivity index (χ1v) is 4.45. The van der Waals surface area contributed by atoms with Gasteiger partial charge in [-0.25, -0.2) is 0 Å². The van der Waals surface area contributed by atoms with Crippen LogP contribution in [0, 0.1) is 0 Å². The van der Waals surface area contributed by atoms with Gasteiger partial charge in [0.05, 0.1) is 0 Å². The summed E-state index contributed by atoms with van der Waals surface area (Å²) in [6.07, 6.45) is 1.58. The third-order valence-corrected chi connectivity index (χ3v) is 2.32. The Morgan fingerprint density at radius 2 is 2.20 bits per heavy atom. The highest BCUT2D eigenvalue weighted by Crippen LogP contribution is 2.19. The van der Waals surface area contributed by atoms with E-state index in [0.29, 0.717) is 5.65 Å². The first kappa shape index (κ1) is 8.16. The molecule has 0 N–H and O–H groups in total. The summed E-state index contributed by atoms with van der Waals surface area (Å²) < 4.78 is 6.36. The number of hydrogen-bond acceptors (Lipinski definition) is 4. The Morgan fingerprint density at radius 3 is 3.07 bits per heavy atom. The van der Waals surface area contributed by atoms with Crippen molar-refractivity contribution in [1.29, 1.82) is 0 Å². The number of Topliss-reactive ketones (excluding diaryl/α,β-unsaturated/α-hetero) is 1. The molecule has 2 aromatic heterocycles. The van der Waals surface area contributed by atoms with E-state index in [4.69, 9.17) is 4.74 Å². The lowest BCUT2D eigenvalue weighted by atomic mass is 10.2. The van der Waals surface area contributed by atoms with Crippen molar-refractivity contribution in [3.8, 4) is 5.88 Å². The molecule has 3 heterocycles. The van der Waals surface area contributed by atoms with Crippen LogP contribution in [-0.4, -0.2) is 21.8 Å². The maximum atomic E-state index is 11.9. The molecule has 0 atom stereocenters. The van der Waals surface area contributed by atoms with Crippen LogP contribution in [0.3, 0.4) is 0 Å². The molecule has 0 aliphatic carbocycles. The summed E-state index contributed by atoms with van der Waals surface area (Å²) >= 11 is 0. The molecule has 0 spiro atoms. The van der Waals surface area contributed by atoms with Crippen LogP contribution in [0.2, 0.25) is 0 Å². The van der Waals surface area contributed by atoms with Gasteiger partial charge < -0.3 is 4.74 Å². The summed E-state index contributed by atoms with van der Waals surface area (Å²) in [6, 6.07) is 5.17. The van der Waals surface area contributed by atoms with E-state index in [1.807, 2.05) is 0 Å². The van der Waals surface area contributed by atoms with Crippen molar-refractivity contribution in [3.63, 3.8) is 0 Å². The van der Waals surface area contributed by atoms with Gasteiger partial charge in [0.15, 0.2) is 6.61 Å². The molecule has 0 saturated heterocycles. The molecule has 1 aliphatic rings. The fourth-order valence-electron chi connectivity index (χ4n) is 1.62. The zero-order chi connectivity index (χ0) is 10.4. The van der Waals surface area contributed by atoms with Gasteiger partial charge in [0, 0.05) is 6.20 Å². The van der Waals surface area contributed by atoms with Gasteiger partial charge in [0.2, 0.25) is 11.7 Å². The molecule has 0 amide bonds. The third kappa shape index (κ3) is 0.999. The van der Waals surface area contributed by atoms with Crippen LogP contribution >= 0.6 is 0 Å². The molecule has 0 radical (unpaired) electrons. The molecule has 15 heavy (non-hydrogen) atoms. The summed E-state index contributed by atoms with van der Waals surface area (Å²) in [6.45, 7) is -0.0888. The van der Waals surface area contributed by atoms with E-state index in [1.54, 1.807) is 24.4 Å². The molecule has 0 saturated carbocycles. The average molecular weight is 202 g/mol. The molecule has 0 unspecified atom stereocenters. The number of ether oxygens (including phenoxy) is 1. The fourth-order valence-corrected chi connectivity index (χ4v) is 1.62. The number of carbonyl (C=O) groups excluding carboxylic acids is 1. The summed E-state index contributed by atoms with van der Waals surface area (Å²) in [5.74, 6) is -0.156. The Balaban J connectivity index is 2.52. The zero-order valence-corrected chi connectivity index (χ0v) is 7.64. The van der Waals surface area contributed by atoms with E-state index in [0.717, 1.165) is 0 Å². The predicted octanol–water partition coefficient (Wildman–Crippen LogP) is 0.270. The van der Waals surface area contributed by atoms with Gasteiger partial charge in [0.1, 0.15) is 11.2 Å². The van der Waals surface area contributed by atoms with Crippen molar-refractivity contribution in [3.05, 3.63) is 40.3 Å². The Bertz CT molecular complexity index is 630. The second-order valence-electron chi connectivity index (χ2n) is 3.24. The Labute approximate surface area is 83.9 Å². The first-order valence-electron chi connectivity index (χ1n) is 4.45. The van der Waals surface area contributed by atoms with Gasteiger partial charge in [-0.1, -0.05) is 6.07 Å². The van der Waals surface area contributed by atoms with Crippen LogP contribution in [0.5, 0.6) is 5.88 Å². The van der Waals surface area contributed by atoms with Crippen LogP contribution in [0.15, 0.2) is 29.2 Å². The topological polar surface area (TPSA) is 60.7 Å². The van der Waals surface area contributed by atoms with Crippen LogP contribution < -0.4 is 10.3 Å². The Kier molecular flexibility index (Phi) is 1.45. The molecule has 5 nitrogen and oxygen atoms in total. The van der Waals surface area contributed by atoms with Gasteiger partial charge in [-0.15, -0.1) is 0 Å². The van der Waals surface area contributed by atoms with Crippen molar-refractivity contribution in [2.75, 3.05) is 6.61 Å². The smallest absolute Gasteiger partial charge is 0.272 e. The SMILES string of the molecule is O=C1COc2nc3ccccn3c(=O)c21. The second-order valence-corrected chi connectivity index (χ2v) is 3.24. The number of nitrogens with zero attached hydrogens (tertiary/aromatic N) is 2. The standard InChI is InChI=1S/C10H6N2O3/c13-6-5-15-9-8(6)10(14)12-4-2-1-3-7(12)11-9/h1-4H,5H2. The van der Waals surface area contributed by atoms with E-state index >= 15 is 0 Å². The van der Waals surface area contributed by atoms with Gasteiger partial charge in [-0.3, -0.25) is 14.0 Å². The number of ketones is 1. The maximum absolute atomic E-state index is 11.9. The number of fused-ring (bicyclic) bond motifs is 2. The highest BCUT2D eigenvalue weighted by Gasteiger charge is 2.27. The zero-order valence-electron chi connectivity index (χ0n) is 7.64. The summed E-state index contributed by atoms with van der Waals surface area (Å²) in [4.78, 5) is 27.3. The Morgan fingerprint density at radius 1 is 1.33 bits per heavy atom. The summed E-state index contributed by atoms with van der Waals surface area (Å²) in [5.41, 5.74) is 0.174. The minimum Gasteiger partial charge on any atom is -0.469 e. The van der Waals surface area contributed by atoms with Gasteiger partial charge in [-0.05, 0) is 12.1 Å². The van der Waals surface area contributed by atoms with Crippen LogP contribution in [0.4, 0.5) is 0 Å². The maximum Gasteiger partial charge on any atom is 0.272 e. The lowest BCUT2D eigenvalue weighted by Crippen LogP contribution is -2.20. The van der Waals surface area contributed by atoms with Crippen molar-refractivity contribution < 1.29 is 9.53 Å². The lowest BCUT2D eigenvalue weighted by molar-refractivity contribution is 0.0959. The largest absolute Gasteiger partial charge is 0.469 e. The number of rotatable bonds is 0. The number of aromatic nitrogens is 2. The monoisotopic (exact) mass is 202 g/mol. The number of pyridine rings is 1. The van der Waals surface area contributed by atoms with Crippen molar-refractivity contribution in [1.82, 2.24) is 9.38 Å². The molecule has 74 valence electrons. The molecule has 5 heteroatoms. The molecular weight excluding hydrogens is 196 g/mol. The number of carbonyl (C=O) groups is 1. The predicted molar refractivity (Wildman–Crippen MR) is 51.3 cm³/mol. The van der Waals surface area contributed by atoms with Crippen LogP contribution in [0.25, 0.3) is 5.65 Å². The van der Waals surface area contributed by atoms with E-state index in [9.17, 15) is 9.59 Å². The lowest BCUT2D eigenvalue weighted by Gasteiger charge is -2.00. The number of hydrogen-bond donors (Lipinski definition) is 0. The highest BCUT2D eigenvalue weighted by atomic mass is 16.5. The molecule has 0 aromatic carbocycles. The summed E-state index contributed by atoms with van der Waals surface area (Å²) in [7, 11) is 0. The van der Waals surface area contributed by atoms with Gasteiger partial charge >= 0.3 is 0 Å². The van der Waals surface area contributed by atoms with Crippen molar-refractivity contribution in [2.24, 2.45) is 0 Å². The van der Waals surface area contributed by atoms with Crippen molar-refractivity contribution in [2.45, 2.75) is 0 Å². The molecule has 0 bridgehead atoms. The van der Waals surface area contributed by atoms with Crippen molar-refractivity contribution >= 4 is 11.4 Å². The first-order chi connectivity index (χ1) is 7.27. The summed E-state index contributed by atoms with van der Waals surface area (Å²) in [5, 5.41) is 0. The van der Waals surface area contributed by atoms with Gasteiger partial charge in [-0.2, -0.15) is 4.98 Å². The van der Waals surface area contributed by atoms with Gasteiger partial charge in [0.25, 0.3) is 5.56 Å². The van der Waals surface area contributed by atoms with E-state index < -0.39 is 0 Å². The minimum absolute atomic E-state index is 0.0544. The normalized spacial score (nSPS) is 14.0. The minimum atomic E-state index is -0.363. The van der Waals surface area contributed by atoms with Crippen LogP contribution in [0.1, 0.15) is 10.4 Å². The molecule has 1 aliphatic heterocycles. The quantitative estimate of drug-likeness (QED) is 0.615. The fraction of sp³-hybridized carbons (Fsp3) is 0.100. The van der Waals surface area contributed by atoms with E-state index in [2.05, 4.69) is 4.98 Å². The Hall–Kier alpha value is -2.17.